The zero-order chi connectivity index (χ0) is 15.9. The van der Waals surface area contributed by atoms with E-state index < -0.39 is 0 Å². The molecule has 0 atom stereocenters. The predicted molar refractivity (Wildman–Crippen MR) is 99.3 cm³/mol. The van der Waals surface area contributed by atoms with Gasteiger partial charge in [0.25, 0.3) is 0 Å². The van der Waals surface area contributed by atoms with Crippen LogP contribution in [0, 0.1) is 0 Å². The molecule has 2 aromatic rings. The highest BCUT2D eigenvalue weighted by Crippen LogP contribution is 2.22. The van der Waals surface area contributed by atoms with Crippen LogP contribution >= 0.6 is 23.5 Å². The highest BCUT2D eigenvalue weighted by molar-refractivity contribution is 8.39. The topological polar surface area (TPSA) is 54.4 Å². The van der Waals surface area contributed by atoms with Crippen LogP contribution in [0.15, 0.2) is 53.8 Å². The number of carbonyl (C=O) groups is 1. The average Bonchev–Trinajstić information content (AvgIpc) is 3.09. The highest BCUT2D eigenvalue weighted by atomic mass is 32.2. The Bertz CT molecular complexity index is 687. The summed E-state index contributed by atoms with van der Waals surface area (Å²) in [5, 5.41) is 2.92. The third-order valence-electron chi connectivity index (χ3n) is 3.28. The SMILES string of the molecule is O=C(CSC1=NCCS1)Nc1ccc(Cc2ccncc2)cc1. The molecule has 1 aliphatic heterocycles. The van der Waals surface area contributed by atoms with Gasteiger partial charge in [0.05, 0.1) is 12.3 Å². The number of pyridine rings is 1. The number of anilines is 1. The number of benzene rings is 1. The van der Waals surface area contributed by atoms with Gasteiger partial charge in [-0.2, -0.15) is 0 Å². The summed E-state index contributed by atoms with van der Waals surface area (Å²) in [6.07, 6.45) is 4.46. The number of aromatic nitrogens is 1. The Balaban J connectivity index is 1.49. The largest absolute Gasteiger partial charge is 0.325 e. The minimum absolute atomic E-state index is 0.00656. The fourth-order valence-electron chi connectivity index (χ4n) is 2.17. The molecule has 1 amide bonds. The second kappa shape index (κ2) is 8.17. The van der Waals surface area contributed by atoms with Crippen LogP contribution < -0.4 is 5.32 Å². The maximum Gasteiger partial charge on any atom is 0.234 e. The van der Waals surface area contributed by atoms with Gasteiger partial charge in [0, 0.05) is 23.8 Å². The van der Waals surface area contributed by atoms with Crippen LogP contribution in [0.5, 0.6) is 0 Å². The van der Waals surface area contributed by atoms with Crippen LogP contribution in [0.1, 0.15) is 11.1 Å². The lowest BCUT2D eigenvalue weighted by Gasteiger charge is -2.07. The fraction of sp³-hybridized carbons (Fsp3) is 0.235. The summed E-state index contributed by atoms with van der Waals surface area (Å²) in [4.78, 5) is 20.3. The van der Waals surface area contributed by atoms with Crippen molar-refractivity contribution in [1.82, 2.24) is 4.98 Å². The first-order valence-electron chi connectivity index (χ1n) is 7.37. The molecule has 0 unspecified atom stereocenters. The third-order valence-corrected chi connectivity index (χ3v) is 5.53. The summed E-state index contributed by atoms with van der Waals surface area (Å²) in [7, 11) is 0. The fourth-order valence-corrected chi connectivity index (χ4v) is 3.98. The lowest BCUT2D eigenvalue weighted by Crippen LogP contribution is -2.14. The monoisotopic (exact) mass is 343 g/mol. The van der Waals surface area contributed by atoms with E-state index >= 15 is 0 Å². The van der Waals surface area contributed by atoms with Crippen molar-refractivity contribution in [3.63, 3.8) is 0 Å². The van der Waals surface area contributed by atoms with Crippen LogP contribution in [-0.4, -0.2) is 33.3 Å². The molecule has 2 heterocycles. The smallest absolute Gasteiger partial charge is 0.234 e. The molecule has 4 nitrogen and oxygen atoms in total. The first-order chi connectivity index (χ1) is 11.3. The van der Waals surface area contributed by atoms with Gasteiger partial charge in [-0.15, -0.1) is 0 Å². The molecule has 1 aliphatic rings. The van der Waals surface area contributed by atoms with Crippen molar-refractivity contribution in [2.45, 2.75) is 6.42 Å². The Hall–Kier alpha value is -1.79. The zero-order valence-corrected chi connectivity index (χ0v) is 14.2. The average molecular weight is 343 g/mol. The Labute approximate surface area is 144 Å². The predicted octanol–water partition coefficient (Wildman–Crippen LogP) is 3.45. The summed E-state index contributed by atoms with van der Waals surface area (Å²) < 4.78 is 1.02. The van der Waals surface area contributed by atoms with Crippen LogP contribution in [0.4, 0.5) is 5.69 Å². The van der Waals surface area contributed by atoms with Crippen LogP contribution in [0.25, 0.3) is 0 Å². The van der Waals surface area contributed by atoms with Crippen molar-refractivity contribution < 1.29 is 4.79 Å². The molecule has 0 aliphatic carbocycles. The molecule has 1 aromatic carbocycles. The molecule has 0 saturated heterocycles. The second-order valence-corrected chi connectivity index (χ2v) is 7.37. The number of nitrogens with zero attached hydrogens (tertiary/aromatic N) is 2. The molecular weight excluding hydrogens is 326 g/mol. The van der Waals surface area contributed by atoms with Crippen LogP contribution in [0.2, 0.25) is 0 Å². The van der Waals surface area contributed by atoms with Crippen LogP contribution in [-0.2, 0) is 11.2 Å². The Morgan fingerprint density at radius 3 is 2.57 bits per heavy atom. The van der Waals surface area contributed by atoms with Gasteiger partial charge in [-0.25, -0.2) is 0 Å². The van der Waals surface area contributed by atoms with Gasteiger partial charge in [-0.1, -0.05) is 35.7 Å². The van der Waals surface area contributed by atoms with Crippen LogP contribution in [0.3, 0.4) is 0 Å². The number of thioether (sulfide) groups is 2. The van der Waals surface area contributed by atoms with Gasteiger partial charge in [0.2, 0.25) is 5.91 Å². The number of hydrogen-bond donors (Lipinski definition) is 1. The number of hydrogen-bond acceptors (Lipinski definition) is 5. The first-order valence-corrected chi connectivity index (χ1v) is 9.34. The lowest BCUT2D eigenvalue weighted by molar-refractivity contribution is -0.113. The van der Waals surface area contributed by atoms with Crippen molar-refractivity contribution >= 4 is 39.5 Å². The quantitative estimate of drug-likeness (QED) is 0.903. The van der Waals surface area contributed by atoms with Crippen molar-refractivity contribution in [1.29, 1.82) is 0 Å². The molecule has 3 rings (SSSR count). The molecule has 6 heteroatoms. The molecule has 118 valence electrons. The van der Waals surface area contributed by atoms with E-state index in [1.165, 1.54) is 22.9 Å². The zero-order valence-electron chi connectivity index (χ0n) is 12.6. The standard InChI is InChI=1S/C17H17N3OS2/c21-16(12-23-17-19-9-10-22-17)20-15-3-1-13(2-4-15)11-14-5-7-18-8-6-14/h1-8H,9-12H2,(H,20,21). The summed E-state index contributed by atoms with van der Waals surface area (Å²) >= 11 is 3.23. The molecule has 0 spiro atoms. The van der Waals surface area contributed by atoms with Crippen molar-refractivity contribution in [2.75, 3.05) is 23.4 Å². The summed E-state index contributed by atoms with van der Waals surface area (Å²) in [5.41, 5.74) is 3.26. The summed E-state index contributed by atoms with van der Waals surface area (Å²) in [6.45, 7) is 0.869. The van der Waals surface area contributed by atoms with E-state index in [9.17, 15) is 4.79 Å². The summed E-state index contributed by atoms with van der Waals surface area (Å²) in [6, 6.07) is 12.0. The minimum Gasteiger partial charge on any atom is -0.325 e. The normalized spacial score (nSPS) is 13.7. The van der Waals surface area contributed by atoms with E-state index in [1.807, 2.05) is 36.4 Å². The number of amides is 1. The Kier molecular flexibility index (Phi) is 5.71. The summed E-state index contributed by atoms with van der Waals surface area (Å²) in [5.74, 6) is 1.44. The van der Waals surface area contributed by atoms with Crippen molar-refractivity contribution in [3.05, 3.63) is 59.9 Å². The Morgan fingerprint density at radius 2 is 1.87 bits per heavy atom. The molecular formula is C17H17N3OS2. The molecule has 0 bridgehead atoms. The van der Waals surface area contributed by atoms with E-state index in [0.717, 1.165) is 28.8 Å². The molecule has 1 N–H and O–H groups in total. The van der Waals surface area contributed by atoms with Gasteiger partial charge < -0.3 is 5.32 Å². The molecule has 1 aromatic heterocycles. The van der Waals surface area contributed by atoms with E-state index in [4.69, 9.17) is 0 Å². The van der Waals surface area contributed by atoms with E-state index in [1.54, 1.807) is 24.2 Å². The Morgan fingerprint density at radius 1 is 1.13 bits per heavy atom. The second-order valence-electron chi connectivity index (χ2n) is 5.06. The number of aliphatic imine (C=N–C) groups is 1. The first kappa shape index (κ1) is 16.1. The molecule has 0 radical (unpaired) electrons. The maximum absolute atomic E-state index is 11.9. The third kappa shape index (κ3) is 5.11. The van der Waals surface area contributed by atoms with Crippen molar-refractivity contribution in [2.24, 2.45) is 4.99 Å². The number of carbonyl (C=O) groups excluding carboxylic acids is 1. The van der Waals surface area contributed by atoms with E-state index in [-0.39, 0.29) is 5.91 Å². The van der Waals surface area contributed by atoms with Gasteiger partial charge in [-0.3, -0.25) is 14.8 Å². The van der Waals surface area contributed by atoms with Crippen molar-refractivity contribution in [3.8, 4) is 0 Å². The maximum atomic E-state index is 11.9. The molecule has 0 saturated carbocycles. The van der Waals surface area contributed by atoms with E-state index in [0.29, 0.717) is 5.75 Å². The van der Waals surface area contributed by atoms with E-state index in [2.05, 4.69) is 15.3 Å². The van der Waals surface area contributed by atoms with Gasteiger partial charge in [0.1, 0.15) is 4.38 Å². The van der Waals surface area contributed by atoms with Gasteiger partial charge >= 0.3 is 0 Å². The minimum atomic E-state index is 0.00656. The molecule has 23 heavy (non-hydrogen) atoms. The number of rotatable bonds is 5. The highest BCUT2D eigenvalue weighted by Gasteiger charge is 2.10. The number of nitrogens with one attached hydrogen (secondary N) is 1. The molecule has 0 fully saturated rings. The van der Waals surface area contributed by atoms with Gasteiger partial charge in [0.15, 0.2) is 0 Å². The lowest BCUT2D eigenvalue weighted by atomic mass is 10.1. The van der Waals surface area contributed by atoms with Gasteiger partial charge in [-0.05, 0) is 41.8 Å².